The fourth-order valence-electron chi connectivity index (χ4n) is 0.664. The maximum Gasteiger partial charge on any atom is 0.241 e. The third-order valence-electron chi connectivity index (χ3n) is 1.03. The molecule has 0 aliphatic heterocycles. The fraction of sp³-hybridized carbons (Fsp3) is 0.143. The molecule has 0 fully saturated rings. The van der Waals surface area contributed by atoms with Gasteiger partial charge in [-0.15, -0.1) is 0 Å². The average molecular weight is 306 g/mol. The lowest BCUT2D eigenvalue weighted by Crippen LogP contribution is -1.92. The van der Waals surface area contributed by atoms with Gasteiger partial charge in [0.1, 0.15) is 0 Å². The predicted molar refractivity (Wildman–Crippen MR) is 60.3 cm³/mol. The molecule has 66 valence electrons. The molecule has 0 heterocycles. The summed E-state index contributed by atoms with van der Waals surface area (Å²) < 4.78 is -0.317. The number of benzene rings is 1. The summed E-state index contributed by atoms with van der Waals surface area (Å²) in [5.74, 6) is 0. The van der Waals surface area contributed by atoms with Crippen molar-refractivity contribution in [3.63, 3.8) is 0 Å². The Morgan fingerprint density at radius 3 is 2.42 bits per heavy atom. The van der Waals surface area contributed by atoms with E-state index in [1.165, 1.54) is 11.8 Å². The van der Waals surface area contributed by atoms with Gasteiger partial charge in [0.05, 0.1) is 0 Å². The summed E-state index contributed by atoms with van der Waals surface area (Å²) in [4.78, 5) is 0.921. The topological polar surface area (TPSA) is 0 Å². The van der Waals surface area contributed by atoms with Crippen molar-refractivity contribution in [1.82, 2.24) is 0 Å². The quantitative estimate of drug-likeness (QED) is 0.527. The van der Waals surface area contributed by atoms with Crippen LogP contribution in [0.4, 0.5) is 0 Å². The molecule has 0 unspecified atom stereocenters. The van der Waals surface area contributed by atoms with Gasteiger partial charge >= 0.3 is 0 Å². The minimum atomic E-state index is -1.29. The van der Waals surface area contributed by atoms with Crippen LogP contribution < -0.4 is 0 Å². The third kappa shape index (κ3) is 4.24. The highest BCUT2D eigenvalue weighted by molar-refractivity contribution is 9.10. The van der Waals surface area contributed by atoms with Gasteiger partial charge in [-0.05, 0) is 18.2 Å². The van der Waals surface area contributed by atoms with Gasteiger partial charge in [0.15, 0.2) is 0 Å². The first-order valence-electron chi connectivity index (χ1n) is 2.99. The van der Waals surface area contributed by atoms with E-state index in [1.54, 1.807) is 0 Å². The second kappa shape index (κ2) is 4.43. The van der Waals surface area contributed by atoms with E-state index in [0.717, 1.165) is 9.37 Å². The standard InChI is InChI=1S/C7H4BrCl3S/c8-5-2-1-3-6(4-5)12-7(9,10)11/h1-4H. The van der Waals surface area contributed by atoms with E-state index < -0.39 is 3.12 Å². The lowest BCUT2D eigenvalue weighted by atomic mass is 10.4. The van der Waals surface area contributed by atoms with Crippen LogP contribution in [-0.2, 0) is 0 Å². The van der Waals surface area contributed by atoms with Crippen LogP contribution in [0.25, 0.3) is 0 Å². The van der Waals surface area contributed by atoms with Crippen LogP contribution in [0.3, 0.4) is 0 Å². The summed E-state index contributed by atoms with van der Waals surface area (Å²) in [6, 6.07) is 7.59. The van der Waals surface area contributed by atoms with E-state index in [1.807, 2.05) is 24.3 Å². The molecule has 0 radical (unpaired) electrons. The molecule has 1 rings (SSSR count). The third-order valence-corrected chi connectivity index (χ3v) is 2.94. The molecular weight excluding hydrogens is 302 g/mol. The number of thioether (sulfide) groups is 1. The largest absolute Gasteiger partial charge is 0.241 e. The Kier molecular flexibility index (Phi) is 4.06. The van der Waals surface area contributed by atoms with Gasteiger partial charge in [0.25, 0.3) is 0 Å². The zero-order valence-corrected chi connectivity index (χ0v) is 10.4. The van der Waals surface area contributed by atoms with E-state index in [2.05, 4.69) is 15.9 Å². The Morgan fingerprint density at radius 2 is 1.92 bits per heavy atom. The van der Waals surface area contributed by atoms with Crippen LogP contribution >= 0.6 is 62.5 Å². The van der Waals surface area contributed by atoms with Crippen molar-refractivity contribution in [3.05, 3.63) is 28.7 Å². The highest BCUT2D eigenvalue weighted by atomic mass is 79.9. The summed E-state index contributed by atoms with van der Waals surface area (Å²) in [6.07, 6.45) is 0. The van der Waals surface area contributed by atoms with Crippen molar-refractivity contribution in [3.8, 4) is 0 Å². The van der Waals surface area contributed by atoms with Crippen LogP contribution in [0.1, 0.15) is 0 Å². The molecule has 0 aliphatic carbocycles. The lowest BCUT2D eigenvalue weighted by molar-refractivity contribution is 1.43. The van der Waals surface area contributed by atoms with E-state index >= 15 is 0 Å². The molecule has 0 nitrogen and oxygen atoms in total. The summed E-state index contributed by atoms with van der Waals surface area (Å²) >= 11 is 21.3. The van der Waals surface area contributed by atoms with Gasteiger partial charge in [-0.3, -0.25) is 0 Å². The highest BCUT2D eigenvalue weighted by Gasteiger charge is 2.20. The van der Waals surface area contributed by atoms with Crippen LogP contribution in [0.2, 0.25) is 0 Å². The second-order valence-corrected chi connectivity index (χ2v) is 7.16. The van der Waals surface area contributed by atoms with Crippen LogP contribution in [0.5, 0.6) is 0 Å². The maximum atomic E-state index is 5.60. The minimum absolute atomic E-state index is 0.921. The Morgan fingerprint density at radius 1 is 1.25 bits per heavy atom. The number of hydrogen-bond donors (Lipinski definition) is 0. The van der Waals surface area contributed by atoms with Crippen LogP contribution in [0.15, 0.2) is 33.6 Å². The molecule has 0 aliphatic rings. The van der Waals surface area contributed by atoms with E-state index in [0.29, 0.717) is 0 Å². The normalized spacial score (nSPS) is 11.7. The number of rotatable bonds is 1. The molecule has 0 amide bonds. The van der Waals surface area contributed by atoms with Gasteiger partial charge in [-0.25, -0.2) is 0 Å². The summed E-state index contributed by atoms with van der Waals surface area (Å²) in [7, 11) is 0. The van der Waals surface area contributed by atoms with Crippen molar-refractivity contribution in [1.29, 1.82) is 0 Å². The molecule has 0 saturated carbocycles. The van der Waals surface area contributed by atoms with E-state index in [-0.39, 0.29) is 0 Å². The average Bonchev–Trinajstić information content (AvgIpc) is 1.82. The van der Waals surface area contributed by atoms with Crippen molar-refractivity contribution in [2.45, 2.75) is 8.02 Å². The number of alkyl halides is 3. The first kappa shape index (κ1) is 11.0. The smallest absolute Gasteiger partial charge is 0.0714 e. The Bertz CT molecular complexity index is 272. The maximum absolute atomic E-state index is 5.60. The molecule has 0 aromatic heterocycles. The molecule has 0 atom stereocenters. The first-order valence-corrected chi connectivity index (χ1v) is 5.73. The Labute approximate surface area is 98.7 Å². The van der Waals surface area contributed by atoms with Crippen molar-refractivity contribution in [2.75, 3.05) is 0 Å². The molecule has 0 saturated heterocycles. The molecular formula is C7H4BrCl3S. The molecule has 5 heteroatoms. The predicted octanol–water partition coefficient (Wildman–Crippen LogP) is 4.87. The Balaban J connectivity index is 2.77. The molecule has 0 N–H and O–H groups in total. The summed E-state index contributed by atoms with van der Waals surface area (Å²) in [5, 5.41) is 0. The summed E-state index contributed by atoms with van der Waals surface area (Å²) in [6.45, 7) is 0. The van der Waals surface area contributed by atoms with Crippen molar-refractivity contribution >= 4 is 62.5 Å². The molecule has 1 aromatic rings. The first-order chi connectivity index (χ1) is 5.47. The molecule has 0 bridgehead atoms. The van der Waals surface area contributed by atoms with Gasteiger partial charge in [0, 0.05) is 9.37 Å². The van der Waals surface area contributed by atoms with Gasteiger partial charge in [0.2, 0.25) is 3.12 Å². The zero-order chi connectivity index (χ0) is 9.19. The van der Waals surface area contributed by atoms with Crippen LogP contribution in [-0.4, -0.2) is 3.12 Å². The van der Waals surface area contributed by atoms with Crippen molar-refractivity contribution in [2.24, 2.45) is 0 Å². The summed E-state index contributed by atoms with van der Waals surface area (Å²) in [5.41, 5.74) is 0. The van der Waals surface area contributed by atoms with E-state index in [9.17, 15) is 0 Å². The van der Waals surface area contributed by atoms with Gasteiger partial charge < -0.3 is 0 Å². The minimum Gasteiger partial charge on any atom is -0.0714 e. The second-order valence-electron chi connectivity index (χ2n) is 2.01. The van der Waals surface area contributed by atoms with Gasteiger partial charge in [-0.1, -0.05) is 68.6 Å². The monoisotopic (exact) mass is 304 g/mol. The molecule has 12 heavy (non-hydrogen) atoms. The number of halogens is 4. The van der Waals surface area contributed by atoms with E-state index in [4.69, 9.17) is 34.8 Å². The number of hydrogen-bond acceptors (Lipinski definition) is 1. The van der Waals surface area contributed by atoms with Crippen molar-refractivity contribution < 1.29 is 0 Å². The SMILES string of the molecule is ClC(Cl)(Cl)Sc1cccc(Br)c1. The lowest BCUT2D eigenvalue weighted by Gasteiger charge is -2.09. The van der Waals surface area contributed by atoms with Gasteiger partial charge in [-0.2, -0.15) is 0 Å². The molecule has 1 aromatic carbocycles. The Hall–Kier alpha value is 0.920. The highest BCUT2D eigenvalue weighted by Crippen LogP contribution is 2.43. The van der Waals surface area contributed by atoms with Crippen LogP contribution in [0, 0.1) is 0 Å². The zero-order valence-electron chi connectivity index (χ0n) is 5.73. The molecule has 0 spiro atoms. The fourth-order valence-corrected chi connectivity index (χ4v) is 2.62.